The molecule has 0 aliphatic rings. The third kappa shape index (κ3) is 6.33. The molecule has 0 radical (unpaired) electrons. The van der Waals surface area contributed by atoms with Gasteiger partial charge in [-0.25, -0.2) is 9.59 Å². The molecule has 1 amide bonds. The fraction of sp³-hybridized carbons (Fsp3) is 0.231. The van der Waals surface area contributed by atoms with E-state index in [1.54, 1.807) is 44.2 Å². The highest BCUT2D eigenvalue weighted by Crippen LogP contribution is 2.39. The lowest BCUT2D eigenvalue weighted by atomic mass is 9.82. The Balaban J connectivity index is 1.90. The van der Waals surface area contributed by atoms with Gasteiger partial charge in [0.05, 0.1) is 12.3 Å². The molecule has 7 heteroatoms. The second kappa shape index (κ2) is 10.7. The summed E-state index contributed by atoms with van der Waals surface area (Å²) in [5.41, 5.74) is 0.374. The van der Waals surface area contributed by atoms with Crippen LogP contribution in [-0.2, 0) is 9.53 Å². The van der Waals surface area contributed by atoms with E-state index in [4.69, 9.17) is 19.7 Å². The van der Waals surface area contributed by atoms with Gasteiger partial charge in [-0.3, -0.25) is 5.32 Å². The number of carbonyl (C=O) groups is 2. The SMILES string of the molecule is CC(C)(/C=C/C(=O)O)[C@H](OC(=O)Nc1cccc2ccccc12)c1cccc(OCCO)c1. The van der Waals surface area contributed by atoms with Gasteiger partial charge in [-0.05, 0) is 29.1 Å². The summed E-state index contributed by atoms with van der Waals surface area (Å²) in [6, 6.07) is 20.2. The molecule has 1 atom stereocenters. The number of aliphatic carboxylic acids is 1. The zero-order valence-corrected chi connectivity index (χ0v) is 18.5. The number of aliphatic hydroxyl groups is 1. The molecule has 0 fully saturated rings. The lowest BCUT2D eigenvalue weighted by Gasteiger charge is -2.32. The first-order valence-electron chi connectivity index (χ1n) is 10.5. The van der Waals surface area contributed by atoms with Gasteiger partial charge < -0.3 is 19.7 Å². The van der Waals surface area contributed by atoms with Crippen molar-refractivity contribution in [2.24, 2.45) is 5.41 Å². The summed E-state index contributed by atoms with van der Waals surface area (Å²) in [5, 5.41) is 22.8. The van der Waals surface area contributed by atoms with Gasteiger partial charge in [-0.2, -0.15) is 0 Å². The smallest absolute Gasteiger partial charge is 0.412 e. The Kier molecular flexibility index (Phi) is 7.69. The van der Waals surface area contributed by atoms with Crippen molar-refractivity contribution in [3.8, 4) is 5.75 Å². The molecule has 0 bridgehead atoms. The largest absolute Gasteiger partial charge is 0.491 e. The number of hydrogen-bond donors (Lipinski definition) is 3. The maximum absolute atomic E-state index is 12.9. The lowest BCUT2D eigenvalue weighted by molar-refractivity contribution is -0.131. The molecule has 33 heavy (non-hydrogen) atoms. The molecule has 0 unspecified atom stereocenters. The van der Waals surface area contributed by atoms with Crippen molar-refractivity contribution in [2.75, 3.05) is 18.5 Å². The number of aliphatic hydroxyl groups excluding tert-OH is 1. The molecule has 0 saturated carbocycles. The lowest BCUT2D eigenvalue weighted by Crippen LogP contribution is -2.28. The maximum Gasteiger partial charge on any atom is 0.412 e. The highest BCUT2D eigenvalue weighted by molar-refractivity contribution is 6.00. The fourth-order valence-corrected chi connectivity index (χ4v) is 3.53. The monoisotopic (exact) mass is 449 g/mol. The van der Waals surface area contributed by atoms with Crippen LogP contribution in [0.2, 0.25) is 0 Å². The molecular weight excluding hydrogens is 422 g/mol. The first-order valence-corrected chi connectivity index (χ1v) is 10.5. The van der Waals surface area contributed by atoms with E-state index in [9.17, 15) is 9.59 Å². The van der Waals surface area contributed by atoms with E-state index in [2.05, 4.69) is 5.32 Å². The summed E-state index contributed by atoms with van der Waals surface area (Å²) in [4.78, 5) is 24.1. The quantitative estimate of drug-likeness (QED) is 0.389. The number of rotatable bonds is 9. The molecule has 0 aliphatic heterocycles. The van der Waals surface area contributed by atoms with Crippen LogP contribution in [-0.4, -0.2) is 35.5 Å². The molecule has 172 valence electrons. The van der Waals surface area contributed by atoms with Crippen LogP contribution < -0.4 is 10.1 Å². The summed E-state index contributed by atoms with van der Waals surface area (Å²) in [6.45, 7) is 3.55. The van der Waals surface area contributed by atoms with Crippen LogP contribution in [0.3, 0.4) is 0 Å². The van der Waals surface area contributed by atoms with Gasteiger partial charge in [0, 0.05) is 16.9 Å². The Hall–Kier alpha value is -3.84. The van der Waals surface area contributed by atoms with E-state index >= 15 is 0 Å². The number of hydrogen-bond acceptors (Lipinski definition) is 5. The number of fused-ring (bicyclic) bond motifs is 1. The maximum atomic E-state index is 12.9. The van der Waals surface area contributed by atoms with Crippen molar-refractivity contribution < 1.29 is 29.3 Å². The van der Waals surface area contributed by atoms with Crippen molar-refractivity contribution in [3.05, 3.63) is 84.4 Å². The fourth-order valence-electron chi connectivity index (χ4n) is 3.53. The molecule has 3 rings (SSSR count). The average Bonchev–Trinajstić information content (AvgIpc) is 2.80. The molecule has 7 nitrogen and oxygen atoms in total. The Morgan fingerprint density at radius 3 is 2.55 bits per heavy atom. The number of anilines is 1. The van der Waals surface area contributed by atoms with E-state index in [0.717, 1.165) is 16.8 Å². The standard InChI is InChI=1S/C26H27NO6/c1-26(2,14-13-23(29)30)24(19-9-5-10-20(17-19)32-16-15-28)33-25(31)27-22-12-6-8-18-7-3-4-11-21(18)22/h3-14,17,24,28H,15-16H2,1-2H3,(H,27,31)(H,29,30)/b14-13+/t24-/m1/s1. The number of benzene rings is 3. The van der Waals surface area contributed by atoms with Crippen LogP contribution in [0.15, 0.2) is 78.9 Å². The predicted molar refractivity (Wildman–Crippen MR) is 126 cm³/mol. The van der Waals surface area contributed by atoms with Crippen LogP contribution in [0.5, 0.6) is 5.75 Å². The van der Waals surface area contributed by atoms with E-state index in [1.165, 1.54) is 6.08 Å². The van der Waals surface area contributed by atoms with Crippen LogP contribution in [0, 0.1) is 5.41 Å². The van der Waals surface area contributed by atoms with Crippen molar-refractivity contribution >= 4 is 28.5 Å². The van der Waals surface area contributed by atoms with Crippen LogP contribution in [0.25, 0.3) is 10.8 Å². The molecule has 0 aliphatic carbocycles. The number of nitrogens with one attached hydrogen (secondary N) is 1. The highest BCUT2D eigenvalue weighted by Gasteiger charge is 2.33. The van der Waals surface area contributed by atoms with Gasteiger partial charge in [0.1, 0.15) is 18.5 Å². The van der Waals surface area contributed by atoms with Gasteiger partial charge in [0.25, 0.3) is 0 Å². The third-order valence-corrected chi connectivity index (χ3v) is 5.10. The van der Waals surface area contributed by atoms with Gasteiger partial charge in [0.15, 0.2) is 0 Å². The van der Waals surface area contributed by atoms with Crippen LogP contribution in [0.1, 0.15) is 25.5 Å². The van der Waals surface area contributed by atoms with Crippen molar-refractivity contribution in [1.29, 1.82) is 0 Å². The summed E-state index contributed by atoms with van der Waals surface area (Å²) in [6.07, 6.45) is 1.04. The molecule has 3 N–H and O–H groups in total. The zero-order chi connectivity index (χ0) is 23.8. The van der Waals surface area contributed by atoms with Gasteiger partial charge in [0.2, 0.25) is 0 Å². The van der Waals surface area contributed by atoms with E-state index < -0.39 is 23.6 Å². The van der Waals surface area contributed by atoms with E-state index in [0.29, 0.717) is 17.0 Å². The second-order valence-corrected chi connectivity index (χ2v) is 8.07. The molecule has 0 heterocycles. The van der Waals surface area contributed by atoms with Crippen LogP contribution in [0.4, 0.5) is 10.5 Å². The highest BCUT2D eigenvalue weighted by atomic mass is 16.6. The van der Waals surface area contributed by atoms with Crippen molar-refractivity contribution in [1.82, 2.24) is 0 Å². The number of carboxylic acids is 1. The van der Waals surface area contributed by atoms with E-state index in [1.807, 2.05) is 36.4 Å². The number of amides is 1. The normalized spacial score (nSPS) is 12.5. The zero-order valence-electron chi connectivity index (χ0n) is 18.5. The molecule has 3 aromatic carbocycles. The molecule has 0 spiro atoms. The summed E-state index contributed by atoms with van der Waals surface area (Å²) < 4.78 is 11.3. The minimum Gasteiger partial charge on any atom is -0.491 e. The minimum atomic E-state index is -1.10. The summed E-state index contributed by atoms with van der Waals surface area (Å²) in [5.74, 6) is -0.593. The van der Waals surface area contributed by atoms with Gasteiger partial charge in [-0.15, -0.1) is 0 Å². The summed E-state index contributed by atoms with van der Waals surface area (Å²) in [7, 11) is 0. The van der Waals surface area contributed by atoms with E-state index in [-0.39, 0.29) is 13.2 Å². The summed E-state index contributed by atoms with van der Waals surface area (Å²) >= 11 is 0. The number of carbonyl (C=O) groups excluding carboxylic acids is 1. The molecular formula is C26H27NO6. The average molecular weight is 450 g/mol. The molecule has 3 aromatic rings. The number of ether oxygens (including phenoxy) is 2. The predicted octanol–water partition coefficient (Wildman–Crippen LogP) is 5.17. The Labute approximate surface area is 192 Å². The number of carboxylic acid groups (broad SMARTS) is 1. The third-order valence-electron chi connectivity index (χ3n) is 5.10. The first kappa shape index (κ1) is 23.8. The van der Waals surface area contributed by atoms with Gasteiger partial charge >= 0.3 is 12.1 Å². The van der Waals surface area contributed by atoms with Crippen molar-refractivity contribution in [3.63, 3.8) is 0 Å². The Morgan fingerprint density at radius 1 is 1.06 bits per heavy atom. The van der Waals surface area contributed by atoms with Crippen molar-refractivity contribution in [2.45, 2.75) is 20.0 Å². The molecule has 0 saturated heterocycles. The minimum absolute atomic E-state index is 0.124. The van der Waals surface area contributed by atoms with Gasteiger partial charge in [-0.1, -0.05) is 68.5 Å². The topological polar surface area (TPSA) is 105 Å². The second-order valence-electron chi connectivity index (χ2n) is 8.07. The Morgan fingerprint density at radius 2 is 1.79 bits per heavy atom. The first-order chi connectivity index (χ1) is 15.8. The van der Waals surface area contributed by atoms with Crippen LogP contribution >= 0.6 is 0 Å². The molecule has 0 aromatic heterocycles. The Bertz CT molecular complexity index is 1150.